The lowest BCUT2D eigenvalue weighted by atomic mass is 10.0. The molecule has 0 radical (unpaired) electrons. The number of hydrogen-bond donors (Lipinski definition) is 1. The molecule has 1 aliphatic heterocycles. The molecule has 0 aromatic heterocycles. The average Bonchev–Trinajstić information content (AvgIpc) is 2.67. The van der Waals surface area contributed by atoms with Crippen LogP contribution < -0.4 is 10.1 Å². The van der Waals surface area contributed by atoms with Crippen LogP contribution >= 0.6 is 0 Å². The Balaban J connectivity index is 2.05. The summed E-state index contributed by atoms with van der Waals surface area (Å²) in [6.07, 6.45) is -4.75. The Hall–Kier alpha value is -2.25. The van der Waals surface area contributed by atoms with Gasteiger partial charge in [0.25, 0.3) is 5.91 Å². The molecule has 1 heterocycles. The van der Waals surface area contributed by atoms with Gasteiger partial charge in [-0.1, -0.05) is 26.0 Å². The Morgan fingerprint density at radius 2 is 1.82 bits per heavy atom. The van der Waals surface area contributed by atoms with Gasteiger partial charge in [0, 0.05) is 0 Å². The Morgan fingerprint density at radius 1 is 1.23 bits per heavy atom. The Labute approximate surface area is 125 Å². The molecular formula is C14H15F3N2O3. The van der Waals surface area contributed by atoms with Gasteiger partial charge < -0.3 is 10.1 Å². The number of hydrogen-bond acceptors (Lipinski definition) is 3. The highest BCUT2D eigenvalue weighted by atomic mass is 19.4. The third kappa shape index (κ3) is 3.69. The molecule has 120 valence electrons. The van der Waals surface area contributed by atoms with Crippen LogP contribution in [0.3, 0.4) is 0 Å². The summed E-state index contributed by atoms with van der Waals surface area (Å²) in [7, 11) is 0. The number of alkyl halides is 3. The summed E-state index contributed by atoms with van der Waals surface area (Å²) in [5, 5.41) is 2.58. The molecule has 0 spiro atoms. The molecule has 0 saturated carbocycles. The van der Waals surface area contributed by atoms with Gasteiger partial charge >= 0.3 is 12.4 Å². The van der Waals surface area contributed by atoms with E-state index in [1.807, 2.05) is 13.8 Å². The maximum atomic E-state index is 12.1. The number of nitrogens with zero attached hydrogens (tertiary/aromatic N) is 1. The van der Waals surface area contributed by atoms with E-state index in [2.05, 4.69) is 10.1 Å². The molecule has 5 nitrogen and oxygen atoms in total. The molecule has 2 rings (SSSR count). The van der Waals surface area contributed by atoms with E-state index in [1.165, 1.54) is 12.1 Å². The minimum absolute atomic E-state index is 0.000183. The van der Waals surface area contributed by atoms with Gasteiger partial charge in [0.2, 0.25) is 0 Å². The van der Waals surface area contributed by atoms with Crippen molar-refractivity contribution in [3.8, 4) is 5.75 Å². The van der Waals surface area contributed by atoms with E-state index >= 15 is 0 Å². The molecule has 1 aliphatic rings. The van der Waals surface area contributed by atoms with Gasteiger partial charge in [-0.05, 0) is 23.6 Å². The minimum Gasteiger partial charge on any atom is -0.406 e. The highest BCUT2D eigenvalue weighted by Crippen LogP contribution is 2.23. The zero-order valence-electron chi connectivity index (χ0n) is 12.0. The highest BCUT2D eigenvalue weighted by Gasteiger charge is 2.39. The van der Waals surface area contributed by atoms with Gasteiger partial charge in [-0.15, -0.1) is 13.2 Å². The van der Waals surface area contributed by atoms with Gasteiger partial charge in [0.05, 0.1) is 6.54 Å². The number of imide groups is 1. The van der Waals surface area contributed by atoms with Gasteiger partial charge in [-0.3, -0.25) is 9.69 Å². The predicted molar refractivity (Wildman–Crippen MR) is 70.8 cm³/mol. The van der Waals surface area contributed by atoms with Crippen molar-refractivity contribution in [2.45, 2.75) is 32.8 Å². The second kappa shape index (κ2) is 5.86. The van der Waals surface area contributed by atoms with Crippen LogP contribution in [0, 0.1) is 5.92 Å². The van der Waals surface area contributed by atoms with Crippen molar-refractivity contribution in [2.24, 2.45) is 5.92 Å². The first-order valence-corrected chi connectivity index (χ1v) is 6.64. The summed E-state index contributed by atoms with van der Waals surface area (Å²) >= 11 is 0. The molecule has 0 unspecified atom stereocenters. The fraction of sp³-hybridized carbons (Fsp3) is 0.429. The molecule has 1 fully saturated rings. The number of urea groups is 1. The highest BCUT2D eigenvalue weighted by molar-refractivity contribution is 6.04. The number of nitrogens with one attached hydrogen (secondary N) is 1. The van der Waals surface area contributed by atoms with Crippen LogP contribution in [-0.2, 0) is 11.3 Å². The summed E-state index contributed by atoms with van der Waals surface area (Å²) in [6.45, 7) is 3.63. The fourth-order valence-corrected chi connectivity index (χ4v) is 2.12. The Morgan fingerprint density at radius 3 is 2.27 bits per heavy atom. The zero-order valence-corrected chi connectivity index (χ0v) is 12.0. The Kier molecular flexibility index (Phi) is 4.30. The smallest absolute Gasteiger partial charge is 0.406 e. The monoisotopic (exact) mass is 316 g/mol. The van der Waals surface area contributed by atoms with E-state index in [1.54, 1.807) is 0 Å². The molecular weight excluding hydrogens is 301 g/mol. The fourth-order valence-electron chi connectivity index (χ4n) is 2.12. The second-order valence-electron chi connectivity index (χ2n) is 5.29. The van der Waals surface area contributed by atoms with Crippen LogP contribution in [-0.4, -0.2) is 29.2 Å². The average molecular weight is 316 g/mol. The predicted octanol–water partition coefficient (Wildman–Crippen LogP) is 2.66. The lowest BCUT2D eigenvalue weighted by molar-refractivity contribution is -0.274. The van der Waals surface area contributed by atoms with Crippen molar-refractivity contribution < 1.29 is 27.5 Å². The molecule has 8 heteroatoms. The third-order valence-corrected chi connectivity index (χ3v) is 3.22. The lowest BCUT2D eigenvalue weighted by Crippen LogP contribution is -2.34. The van der Waals surface area contributed by atoms with Crippen molar-refractivity contribution >= 4 is 11.9 Å². The number of carbonyl (C=O) groups excluding carboxylic acids is 2. The molecule has 1 aromatic rings. The van der Waals surface area contributed by atoms with Crippen LogP contribution in [0.1, 0.15) is 19.4 Å². The van der Waals surface area contributed by atoms with E-state index < -0.39 is 18.4 Å². The first-order valence-electron chi connectivity index (χ1n) is 6.64. The normalized spacial score (nSPS) is 18.8. The largest absolute Gasteiger partial charge is 0.573 e. The number of amides is 3. The maximum absolute atomic E-state index is 12.1. The standard InChI is InChI=1S/C14H15F3N2O3/c1-8(2)11-12(20)19(13(21)18-11)7-9-3-5-10(6-4-9)22-14(15,16)17/h3-6,8,11H,7H2,1-2H3,(H,18,21)/t11-/m0/s1. The quantitative estimate of drug-likeness (QED) is 0.869. The topological polar surface area (TPSA) is 58.6 Å². The number of benzene rings is 1. The SMILES string of the molecule is CC(C)[C@@H]1NC(=O)N(Cc2ccc(OC(F)(F)F)cc2)C1=O. The summed E-state index contributed by atoms with van der Waals surface area (Å²) in [5.74, 6) is -0.729. The summed E-state index contributed by atoms with van der Waals surface area (Å²) in [4.78, 5) is 24.9. The van der Waals surface area contributed by atoms with Crippen LogP contribution in [0.4, 0.5) is 18.0 Å². The number of ether oxygens (including phenoxy) is 1. The van der Waals surface area contributed by atoms with E-state index in [-0.39, 0.29) is 24.1 Å². The summed E-state index contributed by atoms with van der Waals surface area (Å²) < 4.78 is 39.9. The van der Waals surface area contributed by atoms with E-state index in [0.717, 1.165) is 17.0 Å². The van der Waals surface area contributed by atoms with Crippen molar-refractivity contribution in [3.05, 3.63) is 29.8 Å². The molecule has 1 atom stereocenters. The van der Waals surface area contributed by atoms with Crippen molar-refractivity contribution in [1.82, 2.24) is 10.2 Å². The Bertz CT molecular complexity index is 570. The van der Waals surface area contributed by atoms with Gasteiger partial charge in [-0.25, -0.2) is 4.79 Å². The molecule has 22 heavy (non-hydrogen) atoms. The first kappa shape index (κ1) is 16.1. The van der Waals surface area contributed by atoms with Crippen LogP contribution in [0.5, 0.6) is 5.75 Å². The van der Waals surface area contributed by atoms with Crippen molar-refractivity contribution in [2.75, 3.05) is 0 Å². The lowest BCUT2D eigenvalue weighted by Gasteiger charge is -2.15. The summed E-state index contributed by atoms with van der Waals surface area (Å²) in [6, 6.07) is 3.97. The second-order valence-corrected chi connectivity index (χ2v) is 5.29. The maximum Gasteiger partial charge on any atom is 0.573 e. The molecule has 3 amide bonds. The molecule has 0 aliphatic carbocycles. The molecule has 1 saturated heterocycles. The van der Waals surface area contributed by atoms with Crippen molar-refractivity contribution in [3.63, 3.8) is 0 Å². The van der Waals surface area contributed by atoms with Crippen LogP contribution in [0.2, 0.25) is 0 Å². The molecule has 1 N–H and O–H groups in total. The number of carbonyl (C=O) groups is 2. The van der Waals surface area contributed by atoms with Gasteiger partial charge in [-0.2, -0.15) is 0 Å². The molecule has 0 bridgehead atoms. The number of rotatable bonds is 4. The minimum atomic E-state index is -4.75. The van der Waals surface area contributed by atoms with E-state index in [0.29, 0.717) is 5.56 Å². The van der Waals surface area contributed by atoms with Crippen LogP contribution in [0.15, 0.2) is 24.3 Å². The van der Waals surface area contributed by atoms with E-state index in [9.17, 15) is 22.8 Å². The summed E-state index contributed by atoms with van der Waals surface area (Å²) in [5.41, 5.74) is 0.530. The third-order valence-electron chi connectivity index (χ3n) is 3.22. The first-order chi connectivity index (χ1) is 10.2. The van der Waals surface area contributed by atoms with E-state index in [4.69, 9.17) is 0 Å². The van der Waals surface area contributed by atoms with Gasteiger partial charge in [0.15, 0.2) is 0 Å². The van der Waals surface area contributed by atoms with Crippen LogP contribution in [0.25, 0.3) is 0 Å². The van der Waals surface area contributed by atoms with Crippen molar-refractivity contribution in [1.29, 1.82) is 0 Å². The zero-order chi connectivity index (χ0) is 16.5. The number of halogens is 3. The molecule has 1 aromatic carbocycles. The van der Waals surface area contributed by atoms with Gasteiger partial charge in [0.1, 0.15) is 11.8 Å².